The third kappa shape index (κ3) is 2.85. The molecule has 0 amide bonds. The summed E-state index contributed by atoms with van der Waals surface area (Å²) in [6.07, 6.45) is 0. The standard InChI is InChI=1S/C16H16F3N/c1-3-20-9-12-8-11(5-7-13(12)17)15-14(18)6-4-10(2)16(15)19/h4-8,20H,3,9H2,1-2H3. The van der Waals surface area contributed by atoms with Crippen molar-refractivity contribution in [2.45, 2.75) is 20.4 Å². The van der Waals surface area contributed by atoms with E-state index in [2.05, 4.69) is 5.32 Å². The summed E-state index contributed by atoms with van der Waals surface area (Å²) in [4.78, 5) is 0. The molecule has 0 radical (unpaired) electrons. The summed E-state index contributed by atoms with van der Waals surface area (Å²) in [5.74, 6) is -1.64. The minimum absolute atomic E-state index is 0.109. The van der Waals surface area contributed by atoms with Crippen molar-refractivity contribution in [2.24, 2.45) is 0 Å². The van der Waals surface area contributed by atoms with E-state index in [4.69, 9.17) is 0 Å². The van der Waals surface area contributed by atoms with E-state index < -0.39 is 11.6 Å². The topological polar surface area (TPSA) is 12.0 Å². The molecule has 4 heteroatoms. The van der Waals surface area contributed by atoms with E-state index in [0.717, 1.165) is 0 Å². The number of aryl methyl sites for hydroxylation is 1. The number of hydrogen-bond donors (Lipinski definition) is 1. The Kier molecular flexibility index (Phi) is 4.45. The Morgan fingerprint density at radius 3 is 2.40 bits per heavy atom. The molecule has 0 bridgehead atoms. The molecule has 0 aromatic heterocycles. The molecule has 0 atom stereocenters. The van der Waals surface area contributed by atoms with E-state index in [0.29, 0.717) is 29.8 Å². The Labute approximate surface area is 116 Å². The van der Waals surface area contributed by atoms with Crippen LogP contribution in [0.2, 0.25) is 0 Å². The van der Waals surface area contributed by atoms with Gasteiger partial charge in [0.1, 0.15) is 17.5 Å². The van der Waals surface area contributed by atoms with Crippen LogP contribution in [0.5, 0.6) is 0 Å². The minimum Gasteiger partial charge on any atom is -0.313 e. The molecule has 0 unspecified atom stereocenters. The molecule has 1 nitrogen and oxygen atoms in total. The summed E-state index contributed by atoms with van der Waals surface area (Å²) in [6.45, 7) is 4.49. The molecule has 2 aromatic carbocycles. The van der Waals surface area contributed by atoms with E-state index in [-0.39, 0.29) is 11.4 Å². The van der Waals surface area contributed by atoms with Crippen molar-refractivity contribution in [1.29, 1.82) is 0 Å². The first kappa shape index (κ1) is 14.6. The molecule has 0 spiro atoms. The fourth-order valence-corrected chi connectivity index (χ4v) is 2.05. The molecule has 1 N–H and O–H groups in total. The highest BCUT2D eigenvalue weighted by Crippen LogP contribution is 2.29. The monoisotopic (exact) mass is 279 g/mol. The van der Waals surface area contributed by atoms with E-state index in [1.165, 1.54) is 30.3 Å². The van der Waals surface area contributed by atoms with Crippen LogP contribution >= 0.6 is 0 Å². The van der Waals surface area contributed by atoms with Gasteiger partial charge < -0.3 is 5.32 Å². The Bertz CT molecular complexity index is 623. The Morgan fingerprint density at radius 2 is 1.70 bits per heavy atom. The van der Waals surface area contributed by atoms with Gasteiger partial charge in [-0.3, -0.25) is 0 Å². The fourth-order valence-electron chi connectivity index (χ4n) is 2.05. The maximum absolute atomic E-state index is 14.1. The average Bonchev–Trinajstić information content (AvgIpc) is 2.43. The number of halogens is 3. The van der Waals surface area contributed by atoms with Crippen LogP contribution in [-0.4, -0.2) is 6.54 Å². The number of nitrogens with one attached hydrogen (secondary N) is 1. The predicted octanol–water partition coefficient (Wildman–Crippen LogP) is 4.19. The molecule has 0 fully saturated rings. The van der Waals surface area contributed by atoms with Crippen LogP contribution in [0.1, 0.15) is 18.1 Å². The molecule has 0 aliphatic heterocycles. The molecular formula is C16H16F3N. The Balaban J connectivity index is 2.51. The van der Waals surface area contributed by atoms with E-state index >= 15 is 0 Å². The minimum atomic E-state index is -0.644. The lowest BCUT2D eigenvalue weighted by molar-refractivity contribution is 0.581. The van der Waals surface area contributed by atoms with Gasteiger partial charge in [-0.15, -0.1) is 0 Å². The Morgan fingerprint density at radius 1 is 1.00 bits per heavy atom. The summed E-state index contributed by atoms with van der Waals surface area (Å²) < 4.78 is 41.6. The maximum Gasteiger partial charge on any atom is 0.136 e. The van der Waals surface area contributed by atoms with Gasteiger partial charge in [0, 0.05) is 12.1 Å². The first-order valence-corrected chi connectivity index (χ1v) is 6.48. The normalized spacial score (nSPS) is 10.8. The highest BCUT2D eigenvalue weighted by atomic mass is 19.1. The lowest BCUT2D eigenvalue weighted by atomic mass is 9.99. The quantitative estimate of drug-likeness (QED) is 0.885. The molecule has 2 aromatic rings. The highest BCUT2D eigenvalue weighted by molar-refractivity contribution is 5.66. The molecule has 20 heavy (non-hydrogen) atoms. The van der Waals surface area contributed by atoms with Crippen molar-refractivity contribution in [1.82, 2.24) is 5.32 Å². The molecule has 2 rings (SSSR count). The SMILES string of the molecule is CCNCc1cc(-c2c(F)ccc(C)c2F)ccc1F. The fraction of sp³-hybridized carbons (Fsp3) is 0.250. The van der Waals surface area contributed by atoms with Gasteiger partial charge in [0.25, 0.3) is 0 Å². The third-order valence-corrected chi connectivity index (χ3v) is 3.18. The van der Waals surface area contributed by atoms with Gasteiger partial charge in [0.05, 0.1) is 5.56 Å². The maximum atomic E-state index is 14.1. The lowest BCUT2D eigenvalue weighted by Gasteiger charge is -2.10. The van der Waals surface area contributed by atoms with Crippen LogP contribution in [0, 0.1) is 24.4 Å². The summed E-state index contributed by atoms with van der Waals surface area (Å²) in [6, 6.07) is 6.73. The van der Waals surface area contributed by atoms with Gasteiger partial charge in [0.15, 0.2) is 0 Å². The van der Waals surface area contributed by atoms with Crippen LogP contribution in [-0.2, 0) is 6.54 Å². The average molecular weight is 279 g/mol. The van der Waals surface area contributed by atoms with E-state index in [9.17, 15) is 13.2 Å². The summed E-state index contributed by atoms with van der Waals surface area (Å²) in [5, 5.41) is 3.00. The van der Waals surface area contributed by atoms with Crippen LogP contribution in [0.4, 0.5) is 13.2 Å². The molecule has 0 saturated carbocycles. The van der Waals surface area contributed by atoms with Gasteiger partial charge in [-0.1, -0.05) is 19.1 Å². The number of benzene rings is 2. The number of hydrogen-bond acceptors (Lipinski definition) is 1. The third-order valence-electron chi connectivity index (χ3n) is 3.18. The van der Waals surface area contributed by atoms with Gasteiger partial charge in [0.2, 0.25) is 0 Å². The molecule has 0 heterocycles. The summed E-state index contributed by atoms with van der Waals surface area (Å²) in [7, 11) is 0. The van der Waals surface area contributed by atoms with Crippen LogP contribution < -0.4 is 5.32 Å². The van der Waals surface area contributed by atoms with E-state index in [1.807, 2.05) is 6.92 Å². The molecule has 0 aliphatic rings. The van der Waals surface area contributed by atoms with Gasteiger partial charge in [-0.25, -0.2) is 13.2 Å². The Hall–Kier alpha value is -1.81. The second-order valence-corrected chi connectivity index (χ2v) is 4.64. The molecule has 106 valence electrons. The predicted molar refractivity (Wildman–Crippen MR) is 73.9 cm³/mol. The van der Waals surface area contributed by atoms with Gasteiger partial charge >= 0.3 is 0 Å². The van der Waals surface area contributed by atoms with Crippen molar-refractivity contribution in [3.8, 4) is 11.1 Å². The smallest absolute Gasteiger partial charge is 0.136 e. The zero-order chi connectivity index (χ0) is 14.7. The second kappa shape index (κ2) is 6.09. The molecular weight excluding hydrogens is 263 g/mol. The zero-order valence-corrected chi connectivity index (χ0v) is 11.4. The second-order valence-electron chi connectivity index (χ2n) is 4.64. The van der Waals surface area contributed by atoms with Crippen molar-refractivity contribution in [2.75, 3.05) is 6.54 Å². The molecule has 0 saturated heterocycles. The largest absolute Gasteiger partial charge is 0.313 e. The van der Waals surface area contributed by atoms with Crippen LogP contribution in [0.15, 0.2) is 30.3 Å². The van der Waals surface area contributed by atoms with Crippen molar-refractivity contribution < 1.29 is 13.2 Å². The summed E-state index contributed by atoms with van der Waals surface area (Å²) in [5.41, 5.74) is 0.990. The van der Waals surface area contributed by atoms with Crippen LogP contribution in [0.3, 0.4) is 0 Å². The van der Waals surface area contributed by atoms with Gasteiger partial charge in [-0.05, 0) is 42.8 Å². The lowest BCUT2D eigenvalue weighted by Crippen LogP contribution is -2.13. The molecule has 0 aliphatic carbocycles. The highest BCUT2D eigenvalue weighted by Gasteiger charge is 2.15. The zero-order valence-electron chi connectivity index (χ0n) is 11.4. The van der Waals surface area contributed by atoms with Crippen molar-refractivity contribution in [3.05, 3.63) is 58.9 Å². The van der Waals surface area contributed by atoms with Crippen molar-refractivity contribution in [3.63, 3.8) is 0 Å². The van der Waals surface area contributed by atoms with Crippen LogP contribution in [0.25, 0.3) is 11.1 Å². The van der Waals surface area contributed by atoms with Gasteiger partial charge in [-0.2, -0.15) is 0 Å². The van der Waals surface area contributed by atoms with Crippen molar-refractivity contribution >= 4 is 0 Å². The first-order valence-electron chi connectivity index (χ1n) is 6.48. The summed E-state index contributed by atoms with van der Waals surface area (Å²) >= 11 is 0. The number of rotatable bonds is 4. The first-order chi connectivity index (χ1) is 9.54. The van der Waals surface area contributed by atoms with E-state index in [1.54, 1.807) is 6.92 Å².